The minimum Gasteiger partial charge on any atom is -0.469 e. The average Bonchev–Trinajstić information content (AvgIpc) is 2.92. The SMILES string of the molecule is COC(=O)CCC/C=C1/SC[C@@H](NC(=O)c2ccccc2)C1=O. The monoisotopic (exact) mass is 333 g/mol. The summed E-state index contributed by atoms with van der Waals surface area (Å²) in [5.41, 5.74) is 0.542. The number of hydrogen-bond acceptors (Lipinski definition) is 5. The van der Waals surface area contributed by atoms with Crippen LogP contribution in [0, 0.1) is 0 Å². The van der Waals surface area contributed by atoms with E-state index in [-0.39, 0.29) is 17.7 Å². The molecule has 1 heterocycles. The number of carbonyl (C=O) groups excluding carboxylic acids is 3. The van der Waals surface area contributed by atoms with E-state index in [2.05, 4.69) is 10.1 Å². The van der Waals surface area contributed by atoms with E-state index in [1.54, 1.807) is 24.3 Å². The van der Waals surface area contributed by atoms with Crippen LogP contribution in [0.1, 0.15) is 29.6 Å². The third-order valence-electron chi connectivity index (χ3n) is 3.45. The Bertz CT molecular complexity index is 612. The highest BCUT2D eigenvalue weighted by Gasteiger charge is 2.31. The highest BCUT2D eigenvalue weighted by atomic mass is 32.2. The molecule has 23 heavy (non-hydrogen) atoms. The predicted octanol–water partition coefficient (Wildman–Crippen LogP) is 2.33. The Hall–Kier alpha value is -2.08. The summed E-state index contributed by atoms with van der Waals surface area (Å²) >= 11 is 1.44. The molecule has 2 rings (SSSR count). The van der Waals surface area contributed by atoms with Crippen LogP contribution in [-0.2, 0) is 14.3 Å². The van der Waals surface area contributed by atoms with Crippen LogP contribution in [-0.4, -0.2) is 36.6 Å². The van der Waals surface area contributed by atoms with Crippen molar-refractivity contribution >= 4 is 29.4 Å². The van der Waals surface area contributed by atoms with E-state index in [9.17, 15) is 14.4 Å². The third kappa shape index (κ3) is 4.96. The number of hydrogen-bond donors (Lipinski definition) is 1. The number of esters is 1. The van der Waals surface area contributed by atoms with Crippen molar-refractivity contribution < 1.29 is 19.1 Å². The fourth-order valence-electron chi connectivity index (χ4n) is 2.17. The number of carbonyl (C=O) groups is 3. The fraction of sp³-hybridized carbons (Fsp3) is 0.353. The maximum Gasteiger partial charge on any atom is 0.305 e. The first kappa shape index (κ1) is 17.3. The van der Waals surface area contributed by atoms with Gasteiger partial charge in [0, 0.05) is 22.6 Å². The van der Waals surface area contributed by atoms with Gasteiger partial charge in [-0.05, 0) is 25.0 Å². The first-order valence-corrected chi connectivity index (χ1v) is 8.40. The quantitative estimate of drug-likeness (QED) is 0.491. The lowest BCUT2D eigenvalue weighted by Crippen LogP contribution is -2.39. The number of allylic oxidation sites excluding steroid dienone is 1. The number of thioether (sulfide) groups is 1. The molecular formula is C17H19NO4S. The van der Waals surface area contributed by atoms with Gasteiger partial charge >= 0.3 is 5.97 Å². The van der Waals surface area contributed by atoms with Gasteiger partial charge in [-0.2, -0.15) is 0 Å². The van der Waals surface area contributed by atoms with Crippen LogP contribution in [0.5, 0.6) is 0 Å². The molecule has 5 nitrogen and oxygen atoms in total. The molecule has 0 unspecified atom stereocenters. The van der Waals surface area contributed by atoms with Crippen LogP contribution in [0.25, 0.3) is 0 Å². The first-order chi connectivity index (χ1) is 11.1. The Kier molecular flexibility index (Phi) is 6.40. The third-order valence-corrected chi connectivity index (χ3v) is 4.63. The van der Waals surface area contributed by atoms with Crippen molar-refractivity contribution in [2.45, 2.75) is 25.3 Å². The maximum atomic E-state index is 12.3. The van der Waals surface area contributed by atoms with Crippen LogP contribution >= 0.6 is 11.8 Å². The summed E-state index contributed by atoms with van der Waals surface area (Å²) < 4.78 is 4.57. The molecule has 0 radical (unpaired) electrons. The molecule has 122 valence electrons. The van der Waals surface area contributed by atoms with Crippen molar-refractivity contribution in [1.29, 1.82) is 0 Å². The van der Waals surface area contributed by atoms with Crippen LogP contribution in [0.3, 0.4) is 0 Å². The number of methoxy groups -OCH3 is 1. The molecule has 1 aromatic carbocycles. The van der Waals surface area contributed by atoms with Crippen LogP contribution in [0.2, 0.25) is 0 Å². The summed E-state index contributed by atoms with van der Waals surface area (Å²) in [5, 5.41) is 2.77. The second kappa shape index (κ2) is 8.53. The van der Waals surface area contributed by atoms with Gasteiger partial charge in [0.05, 0.1) is 7.11 Å². The summed E-state index contributed by atoms with van der Waals surface area (Å²) in [6, 6.07) is 8.35. The molecule has 1 atom stereocenters. The minimum atomic E-state index is -0.487. The van der Waals surface area contributed by atoms with Crippen molar-refractivity contribution in [3.8, 4) is 0 Å². The fourth-order valence-corrected chi connectivity index (χ4v) is 3.27. The zero-order chi connectivity index (χ0) is 16.7. The van der Waals surface area contributed by atoms with E-state index in [1.165, 1.54) is 18.9 Å². The highest BCUT2D eigenvalue weighted by molar-refractivity contribution is 8.04. The molecule has 1 aromatic rings. The number of rotatable bonds is 6. The zero-order valence-electron chi connectivity index (χ0n) is 12.9. The zero-order valence-corrected chi connectivity index (χ0v) is 13.7. The van der Waals surface area contributed by atoms with Crippen LogP contribution < -0.4 is 5.32 Å². The number of nitrogens with one attached hydrogen (secondary N) is 1. The van der Waals surface area contributed by atoms with Gasteiger partial charge in [0.25, 0.3) is 5.91 Å². The van der Waals surface area contributed by atoms with Gasteiger partial charge in [0.2, 0.25) is 0 Å². The molecule has 0 saturated carbocycles. The van der Waals surface area contributed by atoms with Crippen LogP contribution in [0.15, 0.2) is 41.3 Å². The van der Waals surface area contributed by atoms with E-state index in [4.69, 9.17) is 0 Å². The van der Waals surface area contributed by atoms with Gasteiger partial charge in [0.1, 0.15) is 6.04 Å². The molecule has 0 bridgehead atoms. The van der Waals surface area contributed by atoms with Gasteiger partial charge in [-0.1, -0.05) is 24.3 Å². The van der Waals surface area contributed by atoms with Crippen LogP contribution in [0.4, 0.5) is 0 Å². The smallest absolute Gasteiger partial charge is 0.305 e. The van der Waals surface area contributed by atoms with Crippen molar-refractivity contribution in [2.24, 2.45) is 0 Å². The first-order valence-electron chi connectivity index (χ1n) is 7.41. The largest absolute Gasteiger partial charge is 0.469 e. The number of ether oxygens (including phenoxy) is 1. The molecule has 6 heteroatoms. The molecule has 1 aliphatic rings. The second-order valence-corrected chi connectivity index (χ2v) is 6.17. The van der Waals surface area contributed by atoms with Crippen molar-refractivity contribution in [1.82, 2.24) is 5.32 Å². The predicted molar refractivity (Wildman–Crippen MR) is 89.1 cm³/mol. The summed E-state index contributed by atoms with van der Waals surface area (Å²) in [7, 11) is 1.36. The number of amides is 1. The second-order valence-electron chi connectivity index (χ2n) is 5.10. The van der Waals surface area contributed by atoms with E-state index < -0.39 is 6.04 Å². The van der Waals surface area contributed by atoms with Gasteiger partial charge in [-0.3, -0.25) is 14.4 Å². The molecule has 0 aromatic heterocycles. The lowest BCUT2D eigenvalue weighted by molar-refractivity contribution is -0.140. The number of unbranched alkanes of at least 4 members (excludes halogenated alkanes) is 1. The minimum absolute atomic E-state index is 0.0580. The Morgan fingerprint density at radius 3 is 2.78 bits per heavy atom. The summed E-state index contributed by atoms with van der Waals surface area (Å²) in [4.78, 5) is 36.0. The molecule has 1 amide bonds. The normalized spacial score (nSPS) is 18.9. The molecule has 1 fully saturated rings. The lowest BCUT2D eigenvalue weighted by Gasteiger charge is -2.09. The van der Waals surface area contributed by atoms with E-state index in [0.717, 1.165) is 0 Å². The summed E-state index contributed by atoms with van der Waals surface area (Å²) in [5.74, 6) is -0.00379. The number of Topliss-reactive ketones (excluding diaryl/α,β-unsaturated/α-hetero) is 1. The molecule has 1 aliphatic heterocycles. The maximum absolute atomic E-state index is 12.3. The molecule has 0 spiro atoms. The van der Waals surface area contributed by atoms with Gasteiger partial charge < -0.3 is 10.1 Å². The van der Waals surface area contributed by atoms with E-state index in [0.29, 0.717) is 35.5 Å². The number of ketones is 1. The summed E-state index contributed by atoms with van der Waals surface area (Å²) in [6.07, 6.45) is 3.46. The van der Waals surface area contributed by atoms with Crippen molar-refractivity contribution in [3.05, 3.63) is 46.9 Å². The molecule has 1 saturated heterocycles. The Balaban J connectivity index is 1.84. The summed E-state index contributed by atoms with van der Waals surface area (Å²) in [6.45, 7) is 0. The van der Waals surface area contributed by atoms with Gasteiger partial charge in [-0.25, -0.2) is 0 Å². The van der Waals surface area contributed by atoms with Gasteiger partial charge in [-0.15, -0.1) is 11.8 Å². The van der Waals surface area contributed by atoms with Crippen molar-refractivity contribution in [2.75, 3.05) is 12.9 Å². The van der Waals surface area contributed by atoms with Crippen molar-refractivity contribution in [3.63, 3.8) is 0 Å². The molecular weight excluding hydrogens is 314 g/mol. The van der Waals surface area contributed by atoms with Gasteiger partial charge in [0.15, 0.2) is 5.78 Å². The Morgan fingerprint density at radius 2 is 2.09 bits per heavy atom. The van der Waals surface area contributed by atoms with E-state index >= 15 is 0 Å². The lowest BCUT2D eigenvalue weighted by atomic mass is 10.1. The number of benzene rings is 1. The Labute approximate surface area is 139 Å². The standard InChI is InChI=1S/C17H19NO4S/c1-22-15(19)10-6-5-9-14-16(20)13(11-23-14)18-17(21)12-7-3-2-4-8-12/h2-4,7-9,13H,5-6,10-11H2,1H3,(H,18,21)/b14-9+/t13-/m1/s1. The van der Waals surface area contributed by atoms with E-state index in [1.807, 2.05) is 12.1 Å². The Morgan fingerprint density at radius 1 is 1.35 bits per heavy atom. The molecule has 1 N–H and O–H groups in total. The molecule has 0 aliphatic carbocycles. The average molecular weight is 333 g/mol. The highest BCUT2D eigenvalue weighted by Crippen LogP contribution is 2.28. The topological polar surface area (TPSA) is 72.5 Å².